The van der Waals surface area contributed by atoms with Crippen LogP contribution in [0.1, 0.15) is 10.4 Å². The minimum atomic E-state index is -0.419. The van der Waals surface area contributed by atoms with Gasteiger partial charge in [-0.25, -0.2) is 9.97 Å². The molecule has 0 spiro atoms. The van der Waals surface area contributed by atoms with Crippen LogP contribution in [0.25, 0.3) is 22.5 Å². The molecule has 188 valence electrons. The first kappa shape index (κ1) is 23.9. The number of carbonyl (C=O) groups excluding carboxylic acids is 1. The number of nitrogens with one attached hydrogen (secondary N) is 2. The van der Waals surface area contributed by atoms with Gasteiger partial charge in [-0.3, -0.25) is 20.0 Å². The van der Waals surface area contributed by atoms with Crippen LogP contribution in [0.4, 0.5) is 23.0 Å². The Morgan fingerprint density at radius 2 is 1.97 bits per heavy atom. The molecule has 1 aliphatic heterocycles. The molecule has 2 aromatic heterocycles. The predicted molar refractivity (Wildman–Crippen MR) is 136 cm³/mol. The number of morpholine rings is 1. The fourth-order valence-electron chi connectivity index (χ4n) is 4.24. The van der Waals surface area contributed by atoms with E-state index in [1.54, 1.807) is 18.3 Å². The highest BCUT2D eigenvalue weighted by atomic mass is 16.6. The molecule has 0 aliphatic carbocycles. The number of ether oxygens (including phenoxy) is 2. The topological polar surface area (TPSA) is 148 Å². The molecule has 0 bridgehead atoms. The zero-order valence-electron chi connectivity index (χ0n) is 19.9. The normalized spacial score (nSPS) is 13.3. The summed E-state index contributed by atoms with van der Waals surface area (Å²) >= 11 is 0. The number of nitro benzene ring substituents is 1. The maximum absolute atomic E-state index is 11.9. The number of nitro groups is 1. The minimum Gasteiger partial charge on any atom is -0.494 e. The summed E-state index contributed by atoms with van der Waals surface area (Å²) < 4.78 is 10.9. The van der Waals surface area contributed by atoms with Crippen LogP contribution in [0.5, 0.6) is 5.75 Å². The number of aromatic amines is 1. The van der Waals surface area contributed by atoms with E-state index >= 15 is 0 Å². The summed E-state index contributed by atoms with van der Waals surface area (Å²) in [4.78, 5) is 33.8. The number of benzene rings is 2. The minimum absolute atomic E-state index is 0.0627. The molecular formula is C25H23N7O5. The van der Waals surface area contributed by atoms with Crippen molar-refractivity contribution in [3.05, 3.63) is 70.5 Å². The summed E-state index contributed by atoms with van der Waals surface area (Å²) in [5.41, 5.74) is 3.84. The van der Waals surface area contributed by atoms with Crippen molar-refractivity contribution in [1.29, 1.82) is 0 Å². The van der Waals surface area contributed by atoms with Crippen LogP contribution in [-0.2, 0) is 4.74 Å². The summed E-state index contributed by atoms with van der Waals surface area (Å²) in [6.45, 7) is 2.08. The molecule has 0 amide bonds. The SMILES string of the molecule is COc1cc(N2CCOCC2)c([N+](=O)[O-])cc1Nc1nccc(-c2ccccc2-c2[nH]ncc2C=O)n1. The maximum atomic E-state index is 11.9. The van der Waals surface area contributed by atoms with Crippen LogP contribution in [0.3, 0.4) is 0 Å². The lowest BCUT2D eigenvalue weighted by atomic mass is 10.00. The molecule has 5 rings (SSSR count). The van der Waals surface area contributed by atoms with Gasteiger partial charge in [-0.2, -0.15) is 5.10 Å². The first-order valence-electron chi connectivity index (χ1n) is 11.5. The van der Waals surface area contributed by atoms with Crippen molar-refractivity contribution >= 4 is 29.3 Å². The van der Waals surface area contributed by atoms with Crippen molar-refractivity contribution in [1.82, 2.24) is 20.2 Å². The lowest BCUT2D eigenvalue weighted by Gasteiger charge is -2.29. The number of anilines is 3. The Labute approximate surface area is 211 Å². The summed E-state index contributed by atoms with van der Waals surface area (Å²) in [7, 11) is 1.50. The van der Waals surface area contributed by atoms with Crippen LogP contribution >= 0.6 is 0 Å². The van der Waals surface area contributed by atoms with Crippen molar-refractivity contribution in [2.75, 3.05) is 43.6 Å². The highest BCUT2D eigenvalue weighted by Gasteiger charge is 2.25. The van der Waals surface area contributed by atoms with Gasteiger partial charge in [0, 0.05) is 42.5 Å². The quantitative estimate of drug-likeness (QED) is 0.207. The van der Waals surface area contributed by atoms with E-state index in [-0.39, 0.29) is 11.6 Å². The summed E-state index contributed by atoms with van der Waals surface area (Å²) in [6.07, 6.45) is 3.78. The van der Waals surface area contributed by atoms with Gasteiger partial charge in [0.05, 0.1) is 54.1 Å². The van der Waals surface area contributed by atoms with E-state index in [0.717, 1.165) is 17.4 Å². The van der Waals surface area contributed by atoms with Gasteiger partial charge in [0.15, 0.2) is 6.29 Å². The lowest BCUT2D eigenvalue weighted by Crippen LogP contribution is -2.36. The highest BCUT2D eigenvalue weighted by Crippen LogP contribution is 2.40. The Hall–Kier alpha value is -4.84. The van der Waals surface area contributed by atoms with E-state index < -0.39 is 4.92 Å². The molecule has 0 saturated carbocycles. The predicted octanol–water partition coefficient (Wildman–Crippen LogP) is 3.84. The van der Waals surface area contributed by atoms with Crippen molar-refractivity contribution in [2.24, 2.45) is 0 Å². The van der Waals surface area contributed by atoms with E-state index in [1.165, 1.54) is 19.4 Å². The number of carbonyl (C=O) groups is 1. The molecule has 0 radical (unpaired) electrons. The van der Waals surface area contributed by atoms with Gasteiger partial charge in [0.1, 0.15) is 11.4 Å². The van der Waals surface area contributed by atoms with Crippen LogP contribution in [0.15, 0.2) is 54.9 Å². The van der Waals surface area contributed by atoms with E-state index in [2.05, 4.69) is 25.5 Å². The number of hydrogen-bond acceptors (Lipinski definition) is 10. The van der Waals surface area contributed by atoms with Gasteiger partial charge in [-0.05, 0) is 6.07 Å². The molecule has 1 aliphatic rings. The number of H-pyrrole nitrogens is 1. The Morgan fingerprint density at radius 1 is 1.19 bits per heavy atom. The molecule has 12 nitrogen and oxygen atoms in total. The standard InChI is InChI=1S/C25H23N7O5/c1-36-23-13-21(31-8-10-37-11-9-31)22(32(34)35)12-20(23)29-25-26-7-6-19(28-25)17-4-2-3-5-18(17)24-16(15-33)14-27-30-24/h2-7,12-15H,8-11H2,1H3,(H,27,30)(H,26,28,29). The van der Waals surface area contributed by atoms with Crippen molar-refractivity contribution < 1.29 is 19.2 Å². The number of nitrogens with zero attached hydrogens (tertiary/aromatic N) is 5. The maximum Gasteiger partial charge on any atom is 0.294 e. The summed E-state index contributed by atoms with van der Waals surface area (Å²) in [5, 5.41) is 21.8. The largest absolute Gasteiger partial charge is 0.494 e. The summed E-state index contributed by atoms with van der Waals surface area (Å²) in [6, 6.07) is 12.3. The van der Waals surface area contributed by atoms with Gasteiger partial charge in [0.2, 0.25) is 5.95 Å². The van der Waals surface area contributed by atoms with E-state index in [1.807, 2.05) is 29.2 Å². The third-order valence-electron chi connectivity index (χ3n) is 6.02. The number of hydrogen-bond donors (Lipinski definition) is 2. The first-order valence-corrected chi connectivity index (χ1v) is 11.5. The smallest absolute Gasteiger partial charge is 0.294 e. The van der Waals surface area contributed by atoms with Crippen molar-refractivity contribution in [3.8, 4) is 28.3 Å². The second kappa shape index (κ2) is 10.4. The number of aromatic nitrogens is 4. The molecule has 0 atom stereocenters. The average Bonchev–Trinajstić information content (AvgIpc) is 3.42. The lowest BCUT2D eigenvalue weighted by molar-refractivity contribution is -0.384. The van der Waals surface area contributed by atoms with E-state index in [4.69, 9.17) is 9.47 Å². The highest BCUT2D eigenvalue weighted by molar-refractivity contribution is 5.90. The van der Waals surface area contributed by atoms with Gasteiger partial charge < -0.3 is 19.7 Å². The molecule has 2 aromatic carbocycles. The Morgan fingerprint density at radius 3 is 2.70 bits per heavy atom. The fraction of sp³-hybridized carbons (Fsp3) is 0.200. The monoisotopic (exact) mass is 501 g/mol. The molecule has 0 unspecified atom stereocenters. The van der Waals surface area contributed by atoms with Crippen LogP contribution in [-0.4, -0.2) is 64.8 Å². The number of methoxy groups -OCH3 is 1. The van der Waals surface area contributed by atoms with Gasteiger partial charge in [-0.15, -0.1) is 0 Å². The van der Waals surface area contributed by atoms with Crippen LogP contribution < -0.4 is 15.0 Å². The van der Waals surface area contributed by atoms with Crippen molar-refractivity contribution in [3.63, 3.8) is 0 Å². The zero-order valence-corrected chi connectivity index (χ0v) is 19.9. The van der Waals surface area contributed by atoms with E-state index in [0.29, 0.717) is 60.4 Å². The fourth-order valence-corrected chi connectivity index (χ4v) is 4.24. The Balaban J connectivity index is 1.51. The number of rotatable bonds is 8. The molecule has 37 heavy (non-hydrogen) atoms. The summed E-state index contributed by atoms with van der Waals surface area (Å²) in [5.74, 6) is 0.633. The number of aldehydes is 1. The molecule has 4 aromatic rings. The zero-order chi connectivity index (χ0) is 25.8. The Bertz CT molecular complexity index is 1450. The Kier molecular flexibility index (Phi) is 6.72. The molecule has 1 fully saturated rings. The van der Waals surface area contributed by atoms with Gasteiger partial charge >= 0.3 is 0 Å². The molecule has 12 heteroatoms. The van der Waals surface area contributed by atoms with Gasteiger partial charge in [-0.1, -0.05) is 24.3 Å². The third kappa shape index (κ3) is 4.82. The van der Waals surface area contributed by atoms with Crippen LogP contribution in [0.2, 0.25) is 0 Å². The van der Waals surface area contributed by atoms with Crippen LogP contribution in [0, 0.1) is 10.1 Å². The first-order chi connectivity index (χ1) is 18.1. The molecule has 3 heterocycles. The second-order valence-electron chi connectivity index (χ2n) is 8.15. The third-order valence-corrected chi connectivity index (χ3v) is 6.02. The molecule has 2 N–H and O–H groups in total. The molecule has 1 saturated heterocycles. The molecular weight excluding hydrogens is 478 g/mol. The van der Waals surface area contributed by atoms with Gasteiger partial charge in [0.25, 0.3) is 5.69 Å². The average molecular weight is 502 g/mol. The second-order valence-corrected chi connectivity index (χ2v) is 8.15. The van der Waals surface area contributed by atoms with Crippen molar-refractivity contribution in [2.45, 2.75) is 0 Å². The van der Waals surface area contributed by atoms with E-state index in [9.17, 15) is 14.9 Å².